The highest BCUT2D eigenvalue weighted by Gasteiger charge is 2.44. The number of allylic oxidation sites excluding steroid dienone is 1. The van der Waals surface area contributed by atoms with Crippen molar-refractivity contribution in [1.82, 2.24) is 5.32 Å². The van der Waals surface area contributed by atoms with Gasteiger partial charge in [-0.1, -0.05) is 60.2 Å². The monoisotopic (exact) mass is 758 g/mol. The lowest BCUT2D eigenvalue weighted by Gasteiger charge is -2.46. The fraction of sp³-hybridized carbons (Fsp3) is 0.429. The molecule has 2 aliphatic carbocycles. The van der Waals surface area contributed by atoms with Gasteiger partial charge in [-0.3, -0.25) is 4.79 Å². The third kappa shape index (κ3) is 8.82. The van der Waals surface area contributed by atoms with E-state index in [0.717, 1.165) is 54.9 Å². The molecule has 1 saturated carbocycles. The van der Waals surface area contributed by atoms with Gasteiger partial charge in [0.05, 0.1) is 18.4 Å². The number of fused-ring (bicyclic) bond motifs is 3. The minimum Gasteiger partial charge on any atom is -0.490 e. The minimum atomic E-state index is -2.10. The highest BCUT2D eigenvalue weighted by molar-refractivity contribution is 7.75. The quantitative estimate of drug-likeness (QED) is 0.137. The van der Waals surface area contributed by atoms with Crippen LogP contribution >= 0.6 is 11.6 Å². The van der Waals surface area contributed by atoms with Crippen LogP contribution in [0, 0.1) is 11.8 Å². The molecule has 3 aromatic rings. The van der Waals surface area contributed by atoms with Crippen LogP contribution in [0.3, 0.4) is 0 Å². The molecule has 2 amide bonds. The van der Waals surface area contributed by atoms with Crippen LogP contribution < -0.4 is 15.0 Å². The van der Waals surface area contributed by atoms with Crippen LogP contribution in [-0.2, 0) is 36.1 Å². The molecule has 1 N–H and O–H groups in total. The molecule has 0 bridgehead atoms. The fourth-order valence-electron chi connectivity index (χ4n) is 8.04. The number of carbonyl (C=O) groups excluding carboxylic acids is 2. The van der Waals surface area contributed by atoms with Crippen LogP contribution in [0.25, 0.3) is 0 Å². The number of methoxy groups -OCH3 is 1. The second-order valence-electron chi connectivity index (χ2n) is 14.4. The van der Waals surface area contributed by atoms with Gasteiger partial charge in [-0.15, -0.1) is 13.2 Å². The van der Waals surface area contributed by atoms with E-state index in [2.05, 4.69) is 39.9 Å². The first-order valence-electron chi connectivity index (χ1n) is 18.4. The van der Waals surface area contributed by atoms with Crippen LogP contribution in [0.4, 0.5) is 10.5 Å². The first-order valence-corrected chi connectivity index (χ1v) is 19.9. The lowest BCUT2D eigenvalue weighted by atomic mass is 9.68. The summed E-state index contributed by atoms with van der Waals surface area (Å²) in [6.45, 7) is 11.5. The van der Waals surface area contributed by atoms with Crippen LogP contribution in [-0.4, -0.2) is 50.3 Å². The van der Waals surface area contributed by atoms with Crippen molar-refractivity contribution in [2.75, 3.05) is 31.7 Å². The zero-order chi connectivity index (χ0) is 37.5. The number of hydrogen-bond acceptors (Lipinski definition) is 8. The summed E-state index contributed by atoms with van der Waals surface area (Å²) in [5, 5.41) is 2.44. The first-order chi connectivity index (χ1) is 25.6. The van der Waals surface area contributed by atoms with E-state index in [0.29, 0.717) is 37.2 Å². The molecule has 1 spiro atoms. The van der Waals surface area contributed by atoms with Gasteiger partial charge in [0.25, 0.3) is 5.91 Å². The topological polar surface area (TPSA) is 107 Å². The summed E-state index contributed by atoms with van der Waals surface area (Å²) in [6, 6.07) is 20.8. The maximum Gasteiger partial charge on any atom is 0.406 e. The standard InChI is InChI=1S/C42H49ClN3O6S/c1-5-7-15-39(44-41(48)52-28(3)29-12-9-8-10-13-29)53(49)45-40(47)31-17-21-38-36(24-31)46(25-32-16-19-34(32)37(6-2)50-4)26-42(27-51-38)22-11-14-30-23-33(43)18-20-35(30)42/h5-6,8-10,12-13,17-18,20-21,23-24,28,32,34,37,39H,1-2,7,11,14-16,19,22,25-27H2,3-4H3,(H,44,48)/q-1/t28-,32-,34+,37-,39?,42-/m0/s1. The van der Waals surface area contributed by atoms with E-state index in [1.165, 1.54) is 11.1 Å². The molecule has 9 nitrogen and oxygen atoms in total. The number of benzene rings is 3. The highest BCUT2D eigenvalue weighted by atomic mass is 35.5. The van der Waals surface area contributed by atoms with Crippen LogP contribution in [0.1, 0.15) is 78.6 Å². The van der Waals surface area contributed by atoms with Gasteiger partial charge < -0.3 is 33.0 Å². The van der Waals surface area contributed by atoms with Gasteiger partial charge in [0.2, 0.25) is 0 Å². The average Bonchev–Trinajstić information content (AvgIpc) is 3.30. The number of amides is 2. The SMILES string of the molecule is C=CCCC(NC(=O)O[C@@H](C)c1ccccc1)[S-](=O)=NC(=O)c1ccc2c(c1)N(C[C@@H]1CC[C@H]1[C@H](C=C)OC)C[C@@]1(CCCc3cc(Cl)ccc31)CO2. The van der Waals surface area contributed by atoms with Crippen molar-refractivity contribution in [3.05, 3.63) is 119 Å². The van der Waals surface area contributed by atoms with E-state index >= 15 is 0 Å². The molecule has 3 aliphatic rings. The van der Waals surface area contributed by atoms with Gasteiger partial charge in [0, 0.05) is 36.2 Å². The van der Waals surface area contributed by atoms with Gasteiger partial charge in [0.15, 0.2) is 0 Å². The van der Waals surface area contributed by atoms with Crippen molar-refractivity contribution in [3.8, 4) is 5.75 Å². The third-order valence-corrected chi connectivity index (χ3v) is 12.4. The van der Waals surface area contributed by atoms with Crippen molar-refractivity contribution in [2.45, 2.75) is 74.9 Å². The summed E-state index contributed by atoms with van der Waals surface area (Å²) >= 11 is 6.45. The predicted octanol–water partition coefficient (Wildman–Crippen LogP) is 9.11. The number of aryl methyl sites for hydroxylation is 1. The second kappa shape index (κ2) is 17.3. The van der Waals surface area contributed by atoms with Crippen molar-refractivity contribution >= 4 is 39.9 Å². The minimum absolute atomic E-state index is 0.0360. The number of anilines is 1. The number of carbonyl (C=O) groups is 2. The molecule has 0 saturated heterocycles. The summed E-state index contributed by atoms with van der Waals surface area (Å²) < 4.78 is 35.6. The van der Waals surface area contributed by atoms with Crippen LogP contribution in [0.5, 0.6) is 5.75 Å². The molecule has 53 heavy (non-hydrogen) atoms. The Morgan fingerprint density at radius 2 is 1.96 bits per heavy atom. The van der Waals surface area contributed by atoms with E-state index in [-0.39, 0.29) is 23.5 Å². The van der Waals surface area contributed by atoms with Crippen molar-refractivity contribution in [2.24, 2.45) is 16.2 Å². The summed E-state index contributed by atoms with van der Waals surface area (Å²) in [5.74, 6) is 0.728. The molecular formula is C42H49ClN3O6S-. The number of halogens is 1. The van der Waals surface area contributed by atoms with Gasteiger partial charge in [-0.05, 0) is 116 Å². The summed E-state index contributed by atoms with van der Waals surface area (Å²) in [4.78, 5) is 29.0. The summed E-state index contributed by atoms with van der Waals surface area (Å²) in [7, 11) is -0.367. The Morgan fingerprint density at radius 3 is 2.68 bits per heavy atom. The lowest BCUT2D eigenvalue weighted by Crippen LogP contribution is -2.49. The Kier molecular flexibility index (Phi) is 12.6. The van der Waals surface area contributed by atoms with E-state index in [9.17, 15) is 13.8 Å². The van der Waals surface area contributed by atoms with E-state index < -0.39 is 34.1 Å². The molecule has 1 unspecified atom stereocenters. The molecule has 1 heterocycles. The maximum atomic E-state index is 13.7. The molecule has 1 fully saturated rings. The van der Waals surface area contributed by atoms with Crippen molar-refractivity contribution in [3.63, 3.8) is 0 Å². The number of nitrogens with zero attached hydrogens (tertiary/aromatic N) is 2. The van der Waals surface area contributed by atoms with Gasteiger partial charge in [-0.2, -0.15) is 10.6 Å². The predicted molar refractivity (Wildman–Crippen MR) is 210 cm³/mol. The maximum absolute atomic E-state index is 13.7. The molecule has 282 valence electrons. The first kappa shape index (κ1) is 38.6. The molecule has 3 aromatic carbocycles. The number of ether oxygens (including phenoxy) is 3. The Bertz CT molecular complexity index is 1900. The van der Waals surface area contributed by atoms with Gasteiger partial charge in [0.1, 0.15) is 11.9 Å². The molecule has 6 atom stereocenters. The lowest BCUT2D eigenvalue weighted by molar-refractivity contribution is 0.0135. The Morgan fingerprint density at radius 1 is 1.15 bits per heavy atom. The number of rotatable bonds is 13. The largest absolute Gasteiger partial charge is 0.490 e. The number of nitrogens with one attached hydrogen (secondary N) is 1. The number of hydrogen-bond donors (Lipinski definition) is 1. The normalized spacial score (nSPS) is 22.8. The van der Waals surface area contributed by atoms with E-state index in [1.54, 1.807) is 32.2 Å². The molecule has 6 rings (SSSR count). The Hall–Kier alpha value is -4.12. The molecule has 0 aromatic heterocycles. The van der Waals surface area contributed by atoms with Crippen LogP contribution in [0.15, 0.2) is 96.4 Å². The van der Waals surface area contributed by atoms with Crippen molar-refractivity contribution < 1.29 is 28.0 Å². The molecular weight excluding hydrogens is 710 g/mol. The Balaban J connectivity index is 1.27. The zero-order valence-electron chi connectivity index (χ0n) is 30.5. The summed E-state index contributed by atoms with van der Waals surface area (Å²) in [6.07, 6.45) is 8.01. The molecule has 0 radical (unpaired) electrons. The van der Waals surface area contributed by atoms with Crippen molar-refractivity contribution in [1.29, 1.82) is 0 Å². The smallest absolute Gasteiger partial charge is 0.406 e. The summed E-state index contributed by atoms with van der Waals surface area (Å²) in [5.41, 5.74) is 4.14. The fourth-order valence-corrected chi connectivity index (χ4v) is 9.16. The molecule has 11 heteroatoms. The van der Waals surface area contributed by atoms with Gasteiger partial charge in [-0.25, -0.2) is 4.79 Å². The average molecular weight is 759 g/mol. The zero-order valence-corrected chi connectivity index (χ0v) is 32.1. The van der Waals surface area contributed by atoms with E-state index in [1.807, 2.05) is 48.5 Å². The van der Waals surface area contributed by atoms with Gasteiger partial charge >= 0.3 is 6.09 Å². The molecule has 1 aliphatic heterocycles. The second-order valence-corrected chi connectivity index (χ2v) is 16.1. The van der Waals surface area contributed by atoms with E-state index in [4.69, 9.17) is 25.8 Å². The number of alkyl carbamates (subject to hydrolysis) is 1. The highest BCUT2D eigenvalue weighted by Crippen LogP contribution is 2.47. The third-order valence-electron chi connectivity index (χ3n) is 11.0. The van der Waals surface area contributed by atoms with Crippen LogP contribution in [0.2, 0.25) is 5.02 Å². The Labute approximate surface area is 319 Å².